The number of hydrogen-bond acceptors (Lipinski definition) is 5. The summed E-state index contributed by atoms with van der Waals surface area (Å²) in [6.07, 6.45) is 1.53. The second-order valence-corrected chi connectivity index (χ2v) is 4.51. The lowest BCUT2D eigenvalue weighted by Gasteiger charge is -2.13. The van der Waals surface area contributed by atoms with Crippen molar-refractivity contribution in [2.75, 3.05) is 19.8 Å². The van der Waals surface area contributed by atoms with Gasteiger partial charge in [-0.3, -0.25) is 4.99 Å². The SMILES string of the molecule is CCOC(C/N=C\c1cc2scnc2[nH]1)OCC. The molecule has 1 N–H and O–H groups in total. The highest BCUT2D eigenvalue weighted by Gasteiger charge is 2.06. The predicted molar refractivity (Wildman–Crippen MR) is 73.5 cm³/mol. The molecule has 5 nitrogen and oxygen atoms in total. The Balaban J connectivity index is 1.91. The predicted octanol–water partition coefficient (Wildman–Crippen LogP) is 2.44. The molecule has 0 radical (unpaired) electrons. The van der Waals surface area contributed by atoms with Gasteiger partial charge in [0.1, 0.15) is 5.65 Å². The fourth-order valence-corrected chi connectivity index (χ4v) is 2.28. The van der Waals surface area contributed by atoms with Crippen LogP contribution in [0.4, 0.5) is 0 Å². The summed E-state index contributed by atoms with van der Waals surface area (Å²) in [4.78, 5) is 11.7. The third-order valence-corrected chi connectivity index (χ3v) is 3.11. The summed E-state index contributed by atoms with van der Waals surface area (Å²) < 4.78 is 12.0. The number of aromatic amines is 1. The normalized spacial score (nSPS) is 12.2. The number of ether oxygens (including phenoxy) is 2. The minimum Gasteiger partial charge on any atom is -0.351 e. The van der Waals surface area contributed by atoms with Crippen LogP contribution in [-0.2, 0) is 9.47 Å². The number of thiazole rings is 1. The summed E-state index contributed by atoms with van der Waals surface area (Å²) in [6.45, 7) is 5.65. The van der Waals surface area contributed by atoms with Crippen molar-refractivity contribution in [3.05, 3.63) is 17.3 Å². The number of rotatable bonds is 7. The summed E-state index contributed by atoms with van der Waals surface area (Å²) in [5, 5.41) is 0. The Bertz CT molecular complexity index is 472. The summed E-state index contributed by atoms with van der Waals surface area (Å²) in [5.41, 5.74) is 3.69. The first-order chi connectivity index (χ1) is 8.83. The van der Waals surface area contributed by atoms with Crippen LogP contribution in [0.3, 0.4) is 0 Å². The Morgan fingerprint density at radius 2 is 2.22 bits per heavy atom. The van der Waals surface area contributed by atoms with Gasteiger partial charge in [-0.1, -0.05) is 0 Å². The lowest BCUT2D eigenvalue weighted by Crippen LogP contribution is -2.20. The van der Waals surface area contributed by atoms with Crippen LogP contribution in [0.15, 0.2) is 16.6 Å². The van der Waals surface area contributed by atoms with Crippen LogP contribution in [0, 0.1) is 0 Å². The number of nitrogens with one attached hydrogen (secondary N) is 1. The molecular weight excluding hydrogens is 250 g/mol. The second kappa shape index (κ2) is 6.63. The molecule has 0 spiro atoms. The first-order valence-corrected chi connectivity index (χ1v) is 6.86. The van der Waals surface area contributed by atoms with Crippen molar-refractivity contribution in [3.8, 4) is 0 Å². The number of nitrogens with zero attached hydrogens (tertiary/aromatic N) is 2. The molecule has 0 aliphatic rings. The van der Waals surface area contributed by atoms with E-state index in [0.717, 1.165) is 16.0 Å². The van der Waals surface area contributed by atoms with Crippen LogP contribution in [0.25, 0.3) is 10.3 Å². The van der Waals surface area contributed by atoms with E-state index in [9.17, 15) is 0 Å². The molecule has 98 valence electrons. The minimum atomic E-state index is -0.259. The van der Waals surface area contributed by atoms with Gasteiger partial charge >= 0.3 is 0 Å². The van der Waals surface area contributed by atoms with Crippen LogP contribution in [0.1, 0.15) is 19.5 Å². The van der Waals surface area contributed by atoms with Gasteiger partial charge in [0.25, 0.3) is 0 Å². The van der Waals surface area contributed by atoms with Crippen molar-refractivity contribution in [2.24, 2.45) is 4.99 Å². The zero-order chi connectivity index (χ0) is 12.8. The van der Waals surface area contributed by atoms with Gasteiger partial charge in [0, 0.05) is 19.4 Å². The largest absolute Gasteiger partial charge is 0.351 e. The molecular formula is C12H17N3O2S. The van der Waals surface area contributed by atoms with Crippen LogP contribution in [-0.4, -0.2) is 42.2 Å². The zero-order valence-corrected chi connectivity index (χ0v) is 11.4. The number of H-pyrrole nitrogens is 1. The van der Waals surface area contributed by atoms with Gasteiger partial charge in [0.2, 0.25) is 0 Å². The number of fused-ring (bicyclic) bond motifs is 1. The Labute approximate surface area is 110 Å². The molecule has 0 aliphatic heterocycles. The van der Waals surface area contributed by atoms with Gasteiger partial charge in [-0.05, 0) is 19.9 Å². The Morgan fingerprint density at radius 1 is 1.44 bits per heavy atom. The molecule has 0 unspecified atom stereocenters. The summed E-state index contributed by atoms with van der Waals surface area (Å²) in [6, 6.07) is 2.03. The fraction of sp³-hybridized carbons (Fsp3) is 0.500. The van der Waals surface area contributed by atoms with Crippen molar-refractivity contribution in [2.45, 2.75) is 20.1 Å². The van der Waals surface area contributed by atoms with Gasteiger partial charge in [-0.25, -0.2) is 4.98 Å². The first kappa shape index (κ1) is 13.2. The van der Waals surface area contributed by atoms with E-state index in [1.54, 1.807) is 17.6 Å². The van der Waals surface area contributed by atoms with E-state index in [-0.39, 0.29) is 6.29 Å². The van der Waals surface area contributed by atoms with Gasteiger partial charge in [0.05, 0.1) is 22.4 Å². The number of aromatic nitrogens is 2. The molecule has 0 aliphatic carbocycles. The maximum absolute atomic E-state index is 5.41. The topological polar surface area (TPSA) is 59.5 Å². The van der Waals surface area contributed by atoms with E-state index in [0.29, 0.717) is 19.8 Å². The van der Waals surface area contributed by atoms with Gasteiger partial charge in [0.15, 0.2) is 6.29 Å². The monoisotopic (exact) mass is 267 g/mol. The summed E-state index contributed by atoms with van der Waals surface area (Å²) in [5.74, 6) is 0. The third-order valence-electron chi connectivity index (χ3n) is 2.33. The highest BCUT2D eigenvalue weighted by Crippen LogP contribution is 2.17. The van der Waals surface area contributed by atoms with Gasteiger partial charge in [-0.2, -0.15) is 0 Å². The molecule has 2 aromatic rings. The standard InChI is InChI=1S/C12H17N3O2S/c1-3-16-11(17-4-2)7-13-6-9-5-10-12(15-9)14-8-18-10/h5-6,8,11,15H,3-4,7H2,1-2H3/b13-6-. The van der Waals surface area contributed by atoms with Crippen molar-refractivity contribution >= 4 is 27.9 Å². The van der Waals surface area contributed by atoms with Crippen molar-refractivity contribution in [1.29, 1.82) is 0 Å². The van der Waals surface area contributed by atoms with Gasteiger partial charge < -0.3 is 14.5 Å². The maximum Gasteiger partial charge on any atom is 0.176 e. The Morgan fingerprint density at radius 3 is 2.89 bits per heavy atom. The van der Waals surface area contributed by atoms with Gasteiger partial charge in [-0.15, -0.1) is 11.3 Å². The second-order valence-electron chi connectivity index (χ2n) is 3.62. The van der Waals surface area contributed by atoms with E-state index in [2.05, 4.69) is 15.0 Å². The van der Waals surface area contributed by atoms with E-state index in [4.69, 9.17) is 9.47 Å². The highest BCUT2D eigenvalue weighted by molar-refractivity contribution is 7.16. The molecule has 2 aromatic heterocycles. The van der Waals surface area contributed by atoms with E-state index < -0.39 is 0 Å². The molecule has 0 amide bonds. The number of hydrogen-bond donors (Lipinski definition) is 1. The Kier molecular flexibility index (Phi) is 4.86. The van der Waals surface area contributed by atoms with Crippen LogP contribution >= 0.6 is 11.3 Å². The average Bonchev–Trinajstić information content (AvgIpc) is 2.90. The zero-order valence-electron chi connectivity index (χ0n) is 10.5. The molecule has 2 heterocycles. The fourth-order valence-electron chi connectivity index (χ4n) is 1.60. The lowest BCUT2D eigenvalue weighted by atomic mass is 10.4. The number of aliphatic imine (C=N–C) groups is 1. The molecule has 2 rings (SSSR count). The first-order valence-electron chi connectivity index (χ1n) is 5.98. The summed E-state index contributed by atoms with van der Waals surface area (Å²) in [7, 11) is 0. The molecule has 18 heavy (non-hydrogen) atoms. The van der Waals surface area contributed by atoms with Crippen LogP contribution in [0.5, 0.6) is 0 Å². The van der Waals surface area contributed by atoms with Crippen molar-refractivity contribution in [3.63, 3.8) is 0 Å². The van der Waals surface area contributed by atoms with Crippen LogP contribution < -0.4 is 0 Å². The van der Waals surface area contributed by atoms with Crippen molar-refractivity contribution < 1.29 is 9.47 Å². The van der Waals surface area contributed by atoms with E-state index in [1.807, 2.05) is 25.4 Å². The Hall–Kier alpha value is -1.24. The quantitative estimate of drug-likeness (QED) is 0.619. The smallest absolute Gasteiger partial charge is 0.176 e. The molecule has 0 fully saturated rings. The average molecular weight is 267 g/mol. The molecule has 6 heteroatoms. The van der Waals surface area contributed by atoms with Crippen LogP contribution in [0.2, 0.25) is 0 Å². The lowest BCUT2D eigenvalue weighted by molar-refractivity contribution is -0.128. The molecule has 0 aromatic carbocycles. The summed E-state index contributed by atoms with van der Waals surface area (Å²) >= 11 is 1.61. The van der Waals surface area contributed by atoms with E-state index in [1.165, 1.54) is 0 Å². The molecule has 0 saturated carbocycles. The highest BCUT2D eigenvalue weighted by atomic mass is 32.1. The third kappa shape index (κ3) is 3.38. The minimum absolute atomic E-state index is 0.259. The molecule has 0 saturated heterocycles. The van der Waals surface area contributed by atoms with Crippen molar-refractivity contribution in [1.82, 2.24) is 9.97 Å². The van der Waals surface area contributed by atoms with E-state index >= 15 is 0 Å². The molecule has 0 atom stereocenters. The molecule has 0 bridgehead atoms. The maximum atomic E-state index is 5.41.